The zero-order valence-electron chi connectivity index (χ0n) is 16.2. The van der Waals surface area contributed by atoms with Crippen molar-refractivity contribution < 1.29 is 22.8 Å². The first-order valence-electron chi connectivity index (χ1n) is 9.64. The SMILES string of the molecule is Cc1ccc(N2CCC(CNC(=O)C3CCCN3C(=O)C(F)(F)F)C2)cc1C. The number of nitrogens with zero attached hydrogens (tertiary/aromatic N) is 2. The fourth-order valence-corrected chi connectivity index (χ4v) is 3.96. The molecule has 2 atom stereocenters. The Balaban J connectivity index is 1.52. The maximum atomic E-state index is 12.7. The van der Waals surface area contributed by atoms with Crippen molar-refractivity contribution in [2.75, 3.05) is 31.1 Å². The molecule has 1 N–H and O–H groups in total. The zero-order valence-corrected chi connectivity index (χ0v) is 16.2. The van der Waals surface area contributed by atoms with Gasteiger partial charge in [0.15, 0.2) is 0 Å². The molecule has 5 nitrogen and oxygen atoms in total. The molecule has 8 heteroatoms. The highest BCUT2D eigenvalue weighted by atomic mass is 19.4. The number of benzene rings is 1. The van der Waals surface area contributed by atoms with Crippen LogP contribution in [0.5, 0.6) is 0 Å². The minimum atomic E-state index is -4.94. The molecule has 0 saturated carbocycles. The Morgan fingerprint density at radius 1 is 1.14 bits per heavy atom. The average Bonchev–Trinajstić information content (AvgIpc) is 3.30. The van der Waals surface area contributed by atoms with Crippen molar-refractivity contribution in [3.63, 3.8) is 0 Å². The third-order valence-electron chi connectivity index (χ3n) is 5.77. The quantitative estimate of drug-likeness (QED) is 0.850. The van der Waals surface area contributed by atoms with Crippen LogP contribution in [-0.4, -0.2) is 55.1 Å². The summed E-state index contributed by atoms with van der Waals surface area (Å²) in [7, 11) is 0. The molecule has 2 unspecified atom stereocenters. The molecule has 0 aliphatic carbocycles. The van der Waals surface area contributed by atoms with E-state index in [2.05, 4.69) is 42.3 Å². The summed E-state index contributed by atoms with van der Waals surface area (Å²) in [4.78, 5) is 26.8. The molecule has 2 aliphatic rings. The van der Waals surface area contributed by atoms with E-state index >= 15 is 0 Å². The van der Waals surface area contributed by atoms with E-state index in [0.29, 0.717) is 17.9 Å². The number of nitrogens with one attached hydrogen (secondary N) is 1. The Kier molecular flexibility index (Phi) is 5.86. The molecule has 0 aromatic heterocycles. The van der Waals surface area contributed by atoms with Gasteiger partial charge in [0.2, 0.25) is 5.91 Å². The van der Waals surface area contributed by atoms with E-state index < -0.39 is 24.0 Å². The Hall–Kier alpha value is -2.25. The van der Waals surface area contributed by atoms with Gasteiger partial charge in [-0.15, -0.1) is 0 Å². The first kappa shape index (κ1) is 20.5. The highest BCUT2D eigenvalue weighted by Crippen LogP contribution is 2.27. The van der Waals surface area contributed by atoms with Crippen LogP contribution in [-0.2, 0) is 9.59 Å². The van der Waals surface area contributed by atoms with Gasteiger partial charge >= 0.3 is 12.1 Å². The summed E-state index contributed by atoms with van der Waals surface area (Å²) in [6.07, 6.45) is -3.36. The summed E-state index contributed by atoms with van der Waals surface area (Å²) in [5.41, 5.74) is 3.61. The third-order valence-corrected chi connectivity index (χ3v) is 5.77. The highest BCUT2D eigenvalue weighted by Gasteiger charge is 2.47. The van der Waals surface area contributed by atoms with E-state index in [9.17, 15) is 22.8 Å². The van der Waals surface area contributed by atoms with E-state index in [4.69, 9.17) is 0 Å². The number of rotatable bonds is 4. The predicted octanol–water partition coefficient (Wildman–Crippen LogP) is 2.80. The number of carbonyl (C=O) groups is 2. The molecule has 0 radical (unpaired) electrons. The lowest BCUT2D eigenvalue weighted by atomic mass is 10.1. The first-order valence-corrected chi connectivity index (χ1v) is 9.64. The third kappa shape index (κ3) is 4.42. The number of halogens is 3. The van der Waals surface area contributed by atoms with E-state index in [1.54, 1.807) is 0 Å². The minimum absolute atomic E-state index is 0.0274. The van der Waals surface area contributed by atoms with E-state index in [1.807, 2.05) is 0 Å². The molecule has 0 spiro atoms. The number of carbonyl (C=O) groups excluding carboxylic acids is 2. The monoisotopic (exact) mass is 397 g/mol. The van der Waals surface area contributed by atoms with Gasteiger partial charge in [-0.3, -0.25) is 9.59 Å². The molecule has 2 saturated heterocycles. The number of likely N-dealkylation sites (tertiary alicyclic amines) is 1. The summed E-state index contributed by atoms with van der Waals surface area (Å²) in [6.45, 7) is 6.19. The Labute approximate surface area is 162 Å². The van der Waals surface area contributed by atoms with Gasteiger partial charge in [-0.1, -0.05) is 6.07 Å². The maximum Gasteiger partial charge on any atom is 0.471 e. The van der Waals surface area contributed by atoms with Crippen molar-refractivity contribution in [3.8, 4) is 0 Å². The molecule has 3 rings (SSSR count). The van der Waals surface area contributed by atoms with Crippen molar-refractivity contribution in [2.45, 2.75) is 45.3 Å². The number of hydrogen-bond donors (Lipinski definition) is 1. The molecule has 2 fully saturated rings. The van der Waals surface area contributed by atoms with Crippen LogP contribution in [0.3, 0.4) is 0 Å². The second-order valence-electron chi connectivity index (χ2n) is 7.77. The van der Waals surface area contributed by atoms with Crippen molar-refractivity contribution in [2.24, 2.45) is 5.92 Å². The molecule has 2 aliphatic heterocycles. The summed E-state index contributed by atoms with van der Waals surface area (Å²) in [6, 6.07) is 5.30. The van der Waals surface area contributed by atoms with E-state index in [1.165, 1.54) is 11.1 Å². The van der Waals surface area contributed by atoms with Gasteiger partial charge in [-0.05, 0) is 62.3 Å². The Bertz CT molecular complexity index is 751. The van der Waals surface area contributed by atoms with Crippen LogP contribution in [0.25, 0.3) is 0 Å². The fraction of sp³-hybridized carbons (Fsp3) is 0.600. The number of hydrogen-bond acceptors (Lipinski definition) is 3. The maximum absolute atomic E-state index is 12.7. The Morgan fingerprint density at radius 2 is 1.89 bits per heavy atom. The lowest BCUT2D eigenvalue weighted by Crippen LogP contribution is -2.50. The number of aryl methyl sites for hydroxylation is 2. The van der Waals surface area contributed by atoms with Gasteiger partial charge in [0, 0.05) is 31.9 Å². The zero-order chi connectivity index (χ0) is 20.5. The van der Waals surface area contributed by atoms with Crippen molar-refractivity contribution in [1.82, 2.24) is 10.2 Å². The van der Waals surface area contributed by atoms with Gasteiger partial charge in [-0.2, -0.15) is 13.2 Å². The van der Waals surface area contributed by atoms with Gasteiger partial charge in [0.1, 0.15) is 6.04 Å². The van der Waals surface area contributed by atoms with Gasteiger partial charge < -0.3 is 15.1 Å². The van der Waals surface area contributed by atoms with Crippen LogP contribution in [0.2, 0.25) is 0 Å². The van der Waals surface area contributed by atoms with Gasteiger partial charge in [0.25, 0.3) is 0 Å². The highest BCUT2D eigenvalue weighted by molar-refractivity contribution is 5.90. The second kappa shape index (κ2) is 8.01. The molecule has 28 heavy (non-hydrogen) atoms. The second-order valence-corrected chi connectivity index (χ2v) is 7.77. The lowest BCUT2D eigenvalue weighted by Gasteiger charge is -2.25. The van der Waals surface area contributed by atoms with Crippen molar-refractivity contribution >= 4 is 17.5 Å². The van der Waals surface area contributed by atoms with Crippen LogP contribution in [0.1, 0.15) is 30.4 Å². The standard InChI is InChI=1S/C20H26F3N3O2/c1-13-5-6-16(10-14(13)2)25-9-7-15(12-25)11-24-18(27)17-4-3-8-26(17)19(28)20(21,22)23/h5-6,10,15,17H,3-4,7-9,11-12H2,1-2H3,(H,24,27). The predicted molar refractivity (Wildman–Crippen MR) is 100 cm³/mol. The number of alkyl halides is 3. The first-order chi connectivity index (χ1) is 13.2. The molecular weight excluding hydrogens is 371 g/mol. The average molecular weight is 397 g/mol. The van der Waals surface area contributed by atoms with Crippen molar-refractivity contribution in [3.05, 3.63) is 29.3 Å². The van der Waals surface area contributed by atoms with Crippen LogP contribution in [0, 0.1) is 19.8 Å². The number of anilines is 1. The molecule has 1 aromatic carbocycles. The van der Waals surface area contributed by atoms with Crippen LogP contribution >= 0.6 is 0 Å². The van der Waals surface area contributed by atoms with E-state index in [0.717, 1.165) is 25.2 Å². The van der Waals surface area contributed by atoms with Gasteiger partial charge in [0.05, 0.1) is 0 Å². The molecule has 154 valence electrons. The topological polar surface area (TPSA) is 52.7 Å². The smallest absolute Gasteiger partial charge is 0.371 e. The summed E-state index contributed by atoms with van der Waals surface area (Å²) >= 11 is 0. The minimum Gasteiger partial charge on any atom is -0.371 e. The van der Waals surface area contributed by atoms with Gasteiger partial charge in [-0.25, -0.2) is 0 Å². The summed E-state index contributed by atoms with van der Waals surface area (Å²) in [5.74, 6) is -2.18. The van der Waals surface area contributed by atoms with Crippen LogP contribution < -0.4 is 10.2 Å². The van der Waals surface area contributed by atoms with Crippen LogP contribution in [0.4, 0.5) is 18.9 Å². The van der Waals surface area contributed by atoms with Crippen LogP contribution in [0.15, 0.2) is 18.2 Å². The normalized spacial score (nSPS) is 22.6. The molecule has 2 amide bonds. The molecular formula is C20H26F3N3O2. The molecule has 1 aromatic rings. The molecule has 2 heterocycles. The summed E-state index contributed by atoms with van der Waals surface area (Å²) < 4.78 is 38.1. The summed E-state index contributed by atoms with van der Waals surface area (Å²) in [5, 5.41) is 2.77. The Morgan fingerprint density at radius 3 is 2.57 bits per heavy atom. The van der Waals surface area contributed by atoms with Crippen molar-refractivity contribution in [1.29, 1.82) is 0 Å². The lowest BCUT2D eigenvalue weighted by molar-refractivity contribution is -0.186. The molecule has 0 bridgehead atoms. The number of amides is 2. The largest absolute Gasteiger partial charge is 0.471 e. The van der Waals surface area contributed by atoms with E-state index in [-0.39, 0.29) is 18.9 Å². The fourth-order valence-electron chi connectivity index (χ4n) is 3.96.